The van der Waals surface area contributed by atoms with E-state index in [0.717, 1.165) is 0 Å². The maximum Gasteiger partial charge on any atom is 0.377 e. The van der Waals surface area contributed by atoms with Crippen LogP contribution >= 0.6 is 0 Å². The molecule has 0 atom stereocenters. The Kier molecular flexibility index (Phi) is 3.04. The molecule has 0 fully saturated rings. The summed E-state index contributed by atoms with van der Waals surface area (Å²) in [5.74, 6) is -0.887. The fraction of sp³-hybridized carbons (Fsp3) is 0.182. The van der Waals surface area contributed by atoms with E-state index in [1.54, 1.807) is 18.2 Å². The first-order chi connectivity index (χ1) is 8.22. The van der Waals surface area contributed by atoms with Gasteiger partial charge in [-0.2, -0.15) is 4.98 Å². The third-order valence-electron chi connectivity index (χ3n) is 2.03. The fourth-order valence-electron chi connectivity index (χ4n) is 1.34. The zero-order valence-corrected chi connectivity index (χ0v) is 9.08. The highest BCUT2D eigenvalue weighted by atomic mass is 16.5. The minimum absolute atomic E-state index is 0.131. The summed E-state index contributed by atoms with van der Waals surface area (Å²) >= 11 is 0. The lowest BCUT2D eigenvalue weighted by molar-refractivity contribution is 0.0680. The summed E-state index contributed by atoms with van der Waals surface area (Å²) in [4.78, 5) is 14.4. The van der Waals surface area contributed by atoms with Gasteiger partial charge in [-0.25, -0.2) is 4.79 Å². The van der Waals surface area contributed by atoms with Crippen LogP contribution in [0, 0.1) is 0 Å². The standard InChI is InChI=1S/C11H10N2O4/c1-2-16-8-6-4-3-5-7(8)10-12-9(11(14)15)13-17-10/h3-6H,2H2,1H3,(H,14,15). The Balaban J connectivity index is 2.41. The van der Waals surface area contributed by atoms with Crippen molar-refractivity contribution in [3.05, 3.63) is 30.1 Å². The van der Waals surface area contributed by atoms with Crippen LogP contribution in [0.1, 0.15) is 17.5 Å². The molecule has 0 bridgehead atoms. The Labute approximate surface area is 96.8 Å². The molecule has 6 nitrogen and oxygen atoms in total. The molecule has 0 unspecified atom stereocenters. The Morgan fingerprint density at radius 2 is 2.24 bits per heavy atom. The van der Waals surface area contributed by atoms with Crippen LogP contribution in [-0.4, -0.2) is 27.8 Å². The lowest BCUT2D eigenvalue weighted by atomic mass is 10.2. The summed E-state index contributed by atoms with van der Waals surface area (Å²) in [6, 6.07) is 7.07. The van der Waals surface area contributed by atoms with E-state index < -0.39 is 5.97 Å². The molecule has 1 heterocycles. The number of ether oxygens (including phenoxy) is 1. The van der Waals surface area contributed by atoms with E-state index in [9.17, 15) is 4.79 Å². The smallest absolute Gasteiger partial charge is 0.377 e. The number of aromatic carboxylic acids is 1. The van der Waals surface area contributed by atoms with Crippen molar-refractivity contribution in [1.82, 2.24) is 10.1 Å². The molecule has 0 aliphatic rings. The minimum Gasteiger partial charge on any atom is -0.493 e. The molecule has 1 N–H and O–H groups in total. The van der Waals surface area contributed by atoms with Gasteiger partial charge in [0.15, 0.2) is 0 Å². The zero-order valence-electron chi connectivity index (χ0n) is 9.08. The molecule has 1 aromatic heterocycles. The molecular weight excluding hydrogens is 224 g/mol. The van der Waals surface area contributed by atoms with E-state index in [1.807, 2.05) is 13.0 Å². The Morgan fingerprint density at radius 3 is 2.88 bits per heavy atom. The predicted molar refractivity (Wildman–Crippen MR) is 57.9 cm³/mol. The van der Waals surface area contributed by atoms with Gasteiger partial charge >= 0.3 is 5.97 Å². The summed E-state index contributed by atoms with van der Waals surface area (Å²) in [5, 5.41) is 12.1. The first-order valence-electron chi connectivity index (χ1n) is 5.01. The van der Waals surface area contributed by atoms with Crippen LogP contribution in [0.5, 0.6) is 5.75 Å². The van der Waals surface area contributed by atoms with Crippen molar-refractivity contribution >= 4 is 5.97 Å². The number of aromatic nitrogens is 2. The third kappa shape index (κ3) is 2.25. The second-order valence-electron chi connectivity index (χ2n) is 3.16. The molecule has 0 amide bonds. The highest BCUT2D eigenvalue weighted by molar-refractivity contribution is 5.83. The molecule has 0 radical (unpaired) electrons. The molecule has 0 saturated carbocycles. The average Bonchev–Trinajstić information content (AvgIpc) is 2.79. The number of hydrogen-bond donors (Lipinski definition) is 1. The van der Waals surface area contributed by atoms with Crippen LogP contribution in [0.3, 0.4) is 0 Å². The molecule has 2 aromatic rings. The molecular formula is C11H10N2O4. The van der Waals surface area contributed by atoms with Crippen molar-refractivity contribution in [2.45, 2.75) is 6.92 Å². The van der Waals surface area contributed by atoms with Crippen LogP contribution in [-0.2, 0) is 0 Å². The summed E-state index contributed by atoms with van der Waals surface area (Å²) in [6.07, 6.45) is 0. The maximum absolute atomic E-state index is 10.6. The zero-order chi connectivity index (χ0) is 12.3. The van der Waals surface area contributed by atoms with Gasteiger partial charge in [-0.3, -0.25) is 0 Å². The van der Waals surface area contributed by atoms with E-state index in [4.69, 9.17) is 14.4 Å². The lowest BCUT2D eigenvalue weighted by Crippen LogP contribution is -1.98. The SMILES string of the molecule is CCOc1ccccc1-c1nc(C(=O)O)no1. The number of para-hydroxylation sites is 1. The monoisotopic (exact) mass is 234 g/mol. The predicted octanol–water partition coefficient (Wildman–Crippen LogP) is 1.83. The van der Waals surface area contributed by atoms with Gasteiger partial charge in [0, 0.05) is 0 Å². The van der Waals surface area contributed by atoms with Crippen molar-refractivity contribution in [3.63, 3.8) is 0 Å². The lowest BCUT2D eigenvalue weighted by Gasteiger charge is -2.05. The van der Waals surface area contributed by atoms with Crippen molar-refractivity contribution in [3.8, 4) is 17.2 Å². The van der Waals surface area contributed by atoms with E-state index in [2.05, 4.69) is 10.1 Å². The third-order valence-corrected chi connectivity index (χ3v) is 2.03. The van der Waals surface area contributed by atoms with E-state index in [0.29, 0.717) is 17.9 Å². The number of carboxylic acid groups (broad SMARTS) is 1. The van der Waals surface area contributed by atoms with Gasteiger partial charge in [0.2, 0.25) is 0 Å². The molecule has 1 aromatic carbocycles. The summed E-state index contributed by atoms with van der Waals surface area (Å²) in [6.45, 7) is 2.35. The van der Waals surface area contributed by atoms with Crippen molar-refractivity contribution in [2.24, 2.45) is 0 Å². The van der Waals surface area contributed by atoms with Gasteiger partial charge in [0.05, 0.1) is 12.2 Å². The van der Waals surface area contributed by atoms with Gasteiger partial charge in [-0.15, -0.1) is 0 Å². The Hall–Kier alpha value is -2.37. The van der Waals surface area contributed by atoms with Crippen molar-refractivity contribution in [2.75, 3.05) is 6.61 Å². The molecule has 17 heavy (non-hydrogen) atoms. The fourth-order valence-corrected chi connectivity index (χ4v) is 1.34. The molecule has 0 saturated heterocycles. The maximum atomic E-state index is 10.6. The summed E-state index contributed by atoms with van der Waals surface area (Å²) in [5.41, 5.74) is 0.578. The highest BCUT2D eigenvalue weighted by Gasteiger charge is 2.16. The van der Waals surface area contributed by atoms with Crippen LogP contribution in [0.15, 0.2) is 28.8 Å². The van der Waals surface area contributed by atoms with Crippen molar-refractivity contribution < 1.29 is 19.2 Å². The topological polar surface area (TPSA) is 85.5 Å². The molecule has 2 rings (SSSR count). The first kappa shape index (κ1) is 11.1. The largest absolute Gasteiger partial charge is 0.493 e. The molecule has 0 aliphatic carbocycles. The second-order valence-corrected chi connectivity index (χ2v) is 3.16. The number of carboxylic acids is 1. The van der Waals surface area contributed by atoms with E-state index in [-0.39, 0.29) is 11.7 Å². The van der Waals surface area contributed by atoms with Crippen LogP contribution in [0.2, 0.25) is 0 Å². The van der Waals surface area contributed by atoms with Gasteiger partial charge in [0.25, 0.3) is 11.7 Å². The Bertz CT molecular complexity index is 536. The first-order valence-corrected chi connectivity index (χ1v) is 5.01. The molecule has 6 heteroatoms. The number of rotatable bonds is 4. The minimum atomic E-state index is -1.23. The number of benzene rings is 1. The average molecular weight is 234 g/mol. The van der Waals surface area contributed by atoms with Gasteiger partial charge in [-0.1, -0.05) is 12.1 Å². The van der Waals surface area contributed by atoms with E-state index >= 15 is 0 Å². The quantitative estimate of drug-likeness (QED) is 0.868. The van der Waals surface area contributed by atoms with Crippen LogP contribution < -0.4 is 4.74 Å². The normalized spacial score (nSPS) is 10.2. The Morgan fingerprint density at radius 1 is 1.47 bits per heavy atom. The molecule has 0 spiro atoms. The summed E-state index contributed by atoms with van der Waals surface area (Å²) in [7, 11) is 0. The number of hydrogen-bond acceptors (Lipinski definition) is 5. The van der Waals surface area contributed by atoms with Crippen LogP contribution in [0.25, 0.3) is 11.5 Å². The van der Waals surface area contributed by atoms with Crippen molar-refractivity contribution in [1.29, 1.82) is 0 Å². The van der Waals surface area contributed by atoms with Gasteiger partial charge in [-0.05, 0) is 24.2 Å². The highest BCUT2D eigenvalue weighted by Crippen LogP contribution is 2.28. The molecule has 0 aliphatic heterocycles. The van der Waals surface area contributed by atoms with E-state index in [1.165, 1.54) is 0 Å². The second kappa shape index (κ2) is 4.65. The molecule has 88 valence electrons. The number of carbonyl (C=O) groups is 1. The van der Waals surface area contributed by atoms with Gasteiger partial charge in [0.1, 0.15) is 5.75 Å². The number of nitrogens with zero attached hydrogens (tertiary/aromatic N) is 2. The van der Waals surface area contributed by atoms with Gasteiger partial charge < -0.3 is 14.4 Å². The van der Waals surface area contributed by atoms with Crippen LogP contribution in [0.4, 0.5) is 0 Å². The summed E-state index contributed by atoms with van der Waals surface area (Å²) < 4.78 is 10.3.